The Hall–Kier alpha value is -2.74. The highest BCUT2D eigenvalue weighted by molar-refractivity contribution is 7.80. The van der Waals surface area contributed by atoms with Crippen molar-refractivity contribution >= 4 is 35.0 Å². The molecule has 122 valence electrons. The highest BCUT2D eigenvalue weighted by Crippen LogP contribution is 2.00. The van der Waals surface area contributed by atoms with Crippen LogP contribution in [0.15, 0.2) is 47.2 Å². The standard InChI is InChI=1S/C15H17N3O4S/c1-10(11-7-5-4-6-8-11)17-18-15(23)16-12(14(20)22-3)9-13(19)21-2/h4-9H,1-3H3,(H2,16,18,23)/b12-9-,17-10+. The van der Waals surface area contributed by atoms with Crippen molar-refractivity contribution in [3.05, 3.63) is 47.7 Å². The number of carbonyl (C=O) groups is 2. The number of nitrogens with zero attached hydrogens (tertiary/aromatic N) is 1. The Morgan fingerprint density at radius 3 is 2.39 bits per heavy atom. The Balaban J connectivity index is 2.75. The normalized spacial score (nSPS) is 11.4. The van der Waals surface area contributed by atoms with Crippen LogP contribution in [0.2, 0.25) is 0 Å². The molecule has 1 aromatic carbocycles. The molecule has 0 heterocycles. The smallest absolute Gasteiger partial charge is 0.354 e. The second-order valence-electron chi connectivity index (χ2n) is 4.20. The molecular weight excluding hydrogens is 318 g/mol. The summed E-state index contributed by atoms with van der Waals surface area (Å²) >= 11 is 5.02. The lowest BCUT2D eigenvalue weighted by Gasteiger charge is -2.10. The lowest BCUT2D eigenvalue weighted by molar-refractivity contribution is -0.138. The molecule has 23 heavy (non-hydrogen) atoms. The minimum Gasteiger partial charge on any atom is -0.466 e. The third-order valence-electron chi connectivity index (χ3n) is 2.63. The summed E-state index contributed by atoms with van der Waals surface area (Å²) < 4.78 is 9.01. The van der Waals surface area contributed by atoms with Gasteiger partial charge in [-0.1, -0.05) is 30.3 Å². The fraction of sp³-hybridized carbons (Fsp3) is 0.200. The van der Waals surface area contributed by atoms with E-state index < -0.39 is 11.9 Å². The number of methoxy groups -OCH3 is 2. The topological polar surface area (TPSA) is 89.0 Å². The summed E-state index contributed by atoms with van der Waals surface area (Å²) in [5, 5.41) is 6.67. The number of rotatable bonds is 5. The third kappa shape index (κ3) is 6.27. The van der Waals surface area contributed by atoms with Crippen molar-refractivity contribution in [1.29, 1.82) is 0 Å². The van der Waals surface area contributed by atoms with Gasteiger partial charge in [0.05, 0.1) is 26.0 Å². The van der Waals surface area contributed by atoms with Crippen LogP contribution in [0, 0.1) is 0 Å². The Kier molecular flexibility index (Phi) is 7.41. The maximum absolute atomic E-state index is 11.6. The molecule has 0 atom stereocenters. The van der Waals surface area contributed by atoms with Gasteiger partial charge >= 0.3 is 11.9 Å². The van der Waals surface area contributed by atoms with E-state index >= 15 is 0 Å². The summed E-state index contributed by atoms with van der Waals surface area (Å²) in [6, 6.07) is 9.47. The molecule has 7 nitrogen and oxygen atoms in total. The molecule has 0 aliphatic rings. The molecule has 0 unspecified atom stereocenters. The van der Waals surface area contributed by atoms with Gasteiger partial charge in [0, 0.05) is 0 Å². The Bertz CT molecular complexity index is 641. The van der Waals surface area contributed by atoms with Gasteiger partial charge in [-0.05, 0) is 24.7 Å². The van der Waals surface area contributed by atoms with Crippen molar-refractivity contribution in [2.75, 3.05) is 14.2 Å². The van der Waals surface area contributed by atoms with Crippen LogP contribution < -0.4 is 10.7 Å². The summed E-state index contributed by atoms with van der Waals surface area (Å²) in [7, 11) is 2.38. The van der Waals surface area contributed by atoms with Crippen LogP contribution >= 0.6 is 12.2 Å². The maximum atomic E-state index is 11.6. The predicted octanol–water partition coefficient (Wildman–Crippen LogP) is 1.10. The number of benzene rings is 1. The van der Waals surface area contributed by atoms with Gasteiger partial charge < -0.3 is 14.8 Å². The average molecular weight is 335 g/mol. The lowest BCUT2D eigenvalue weighted by Crippen LogP contribution is -2.35. The minimum atomic E-state index is -0.761. The highest BCUT2D eigenvalue weighted by atomic mass is 32.1. The molecular formula is C15H17N3O4S. The van der Waals surface area contributed by atoms with Gasteiger partial charge in [0.2, 0.25) is 0 Å². The van der Waals surface area contributed by atoms with Crippen LogP contribution in [0.25, 0.3) is 0 Å². The number of esters is 2. The molecule has 0 aliphatic carbocycles. The van der Waals surface area contributed by atoms with E-state index in [1.165, 1.54) is 14.2 Å². The first-order chi connectivity index (χ1) is 11.0. The van der Waals surface area contributed by atoms with E-state index in [-0.39, 0.29) is 10.8 Å². The van der Waals surface area contributed by atoms with E-state index in [4.69, 9.17) is 12.2 Å². The first-order valence-corrected chi connectivity index (χ1v) is 6.93. The molecule has 0 saturated carbocycles. The van der Waals surface area contributed by atoms with Crippen molar-refractivity contribution in [3.63, 3.8) is 0 Å². The summed E-state index contributed by atoms with van der Waals surface area (Å²) in [6.45, 7) is 1.80. The lowest BCUT2D eigenvalue weighted by atomic mass is 10.1. The highest BCUT2D eigenvalue weighted by Gasteiger charge is 2.13. The van der Waals surface area contributed by atoms with Crippen LogP contribution in [-0.2, 0) is 19.1 Å². The summed E-state index contributed by atoms with van der Waals surface area (Å²) in [6.07, 6.45) is 0.938. The van der Waals surface area contributed by atoms with E-state index in [1.807, 2.05) is 30.3 Å². The number of carbonyl (C=O) groups excluding carboxylic acids is 2. The fourth-order valence-electron chi connectivity index (χ4n) is 1.46. The van der Waals surface area contributed by atoms with E-state index in [0.29, 0.717) is 5.71 Å². The van der Waals surface area contributed by atoms with E-state index in [2.05, 4.69) is 25.3 Å². The second-order valence-corrected chi connectivity index (χ2v) is 4.61. The molecule has 1 aromatic rings. The summed E-state index contributed by atoms with van der Waals surface area (Å²) in [5.74, 6) is -1.48. The molecule has 8 heteroatoms. The van der Waals surface area contributed by atoms with E-state index in [1.54, 1.807) is 6.92 Å². The molecule has 0 amide bonds. The van der Waals surface area contributed by atoms with Crippen LogP contribution in [0.5, 0.6) is 0 Å². The third-order valence-corrected chi connectivity index (χ3v) is 2.83. The minimum absolute atomic E-state index is 0.0286. The fourth-order valence-corrected chi connectivity index (χ4v) is 1.62. The first kappa shape index (κ1) is 18.3. The number of hydrazone groups is 1. The molecule has 0 aliphatic heterocycles. The number of nitrogens with one attached hydrogen (secondary N) is 2. The van der Waals surface area contributed by atoms with Crippen molar-refractivity contribution < 1.29 is 19.1 Å². The van der Waals surface area contributed by atoms with Crippen LogP contribution in [0.3, 0.4) is 0 Å². The molecule has 1 rings (SSSR count). The van der Waals surface area contributed by atoms with E-state index in [0.717, 1.165) is 11.6 Å². The first-order valence-electron chi connectivity index (χ1n) is 6.52. The summed E-state index contributed by atoms with van der Waals surface area (Å²) in [4.78, 5) is 22.8. The van der Waals surface area contributed by atoms with Crippen LogP contribution in [-0.4, -0.2) is 37.0 Å². The molecule has 0 spiro atoms. The molecule has 0 radical (unpaired) electrons. The van der Waals surface area contributed by atoms with Gasteiger partial charge in [-0.15, -0.1) is 0 Å². The molecule has 0 bridgehead atoms. The Labute approximate surface area is 139 Å². The molecule has 0 saturated heterocycles. The van der Waals surface area contributed by atoms with Gasteiger partial charge in [0.15, 0.2) is 5.11 Å². The zero-order valence-electron chi connectivity index (χ0n) is 13.0. The van der Waals surface area contributed by atoms with Crippen LogP contribution in [0.1, 0.15) is 12.5 Å². The monoisotopic (exact) mass is 335 g/mol. The molecule has 0 aromatic heterocycles. The zero-order valence-corrected chi connectivity index (χ0v) is 13.8. The molecule has 0 fully saturated rings. The van der Waals surface area contributed by atoms with Crippen molar-refractivity contribution in [1.82, 2.24) is 10.7 Å². The predicted molar refractivity (Wildman–Crippen MR) is 89.6 cm³/mol. The van der Waals surface area contributed by atoms with Gasteiger partial charge in [-0.3, -0.25) is 5.43 Å². The van der Waals surface area contributed by atoms with Gasteiger partial charge in [0.1, 0.15) is 5.70 Å². The van der Waals surface area contributed by atoms with Crippen LogP contribution in [0.4, 0.5) is 0 Å². The zero-order chi connectivity index (χ0) is 17.2. The van der Waals surface area contributed by atoms with Gasteiger partial charge in [-0.2, -0.15) is 5.10 Å². The van der Waals surface area contributed by atoms with Crippen molar-refractivity contribution in [2.45, 2.75) is 6.92 Å². The quantitative estimate of drug-likeness (QED) is 0.274. The van der Waals surface area contributed by atoms with Crippen molar-refractivity contribution in [3.8, 4) is 0 Å². The number of hydrogen-bond acceptors (Lipinski definition) is 6. The Morgan fingerprint density at radius 1 is 1.17 bits per heavy atom. The average Bonchev–Trinajstić information content (AvgIpc) is 2.58. The maximum Gasteiger partial charge on any atom is 0.354 e. The summed E-state index contributed by atoms with van der Waals surface area (Å²) in [5.41, 5.74) is 4.04. The van der Waals surface area contributed by atoms with E-state index in [9.17, 15) is 9.59 Å². The van der Waals surface area contributed by atoms with Crippen molar-refractivity contribution in [2.24, 2.45) is 5.10 Å². The second kappa shape index (κ2) is 9.31. The number of hydrogen-bond donors (Lipinski definition) is 2. The SMILES string of the molecule is COC(=O)/C=C(\NC(=S)N/N=C(\C)c1ccccc1)C(=O)OC. The largest absolute Gasteiger partial charge is 0.466 e. The van der Waals surface area contributed by atoms with Gasteiger partial charge in [-0.25, -0.2) is 9.59 Å². The molecule has 2 N–H and O–H groups in total. The number of ether oxygens (including phenoxy) is 2. The van der Waals surface area contributed by atoms with Gasteiger partial charge in [0.25, 0.3) is 0 Å². The Morgan fingerprint density at radius 2 is 1.83 bits per heavy atom. The number of thiocarbonyl (C=S) groups is 1.